The van der Waals surface area contributed by atoms with Crippen molar-refractivity contribution in [2.75, 3.05) is 27.4 Å². The van der Waals surface area contributed by atoms with Crippen LogP contribution in [0.15, 0.2) is 107 Å². The first-order valence-electron chi connectivity index (χ1n) is 16.8. The van der Waals surface area contributed by atoms with E-state index < -0.39 is 30.6 Å². The predicted molar refractivity (Wildman–Crippen MR) is 197 cm³/mol. The second-order valence-corrected chi connectivity index (χ2v) is 12.3. The average molecular weight is 679 g/mol. The van der Waals surface area contributed by atoms with Gasteiger partial charge >= 0.3 is 5.97 Å². The number of rotatable bonds is 10. The molecule has 270 valence electrons. The highest BCUT2D eigenvalue weighted by atomic mass is 16.5. The van der Waals surface area contributed by atoms with Gasteiger partial charge in [0.05, 0.1) is 18.8 Å². The number of allylic oxidation sites excluding steroid dienone is 11. The fourth-order valence-electron chi connectivity index (χ4n) is 4.78. The first kappa shape index (κ1) is 43.0. The van der Waals surface area contributed by atoms with Crippen LogP contribution in [0.1, 0.15) is 60.8 Å². The lowest BCUT2D eigenvalue weighted by molar-refractivity contribution is -0.142. The smallest absolute Gasteiger partial charge is 0.331 e. The molecule has 0 aromatic heterocycles. The van der Waals surface area contributed by atoms with Crippen molar-refractivity contribution in [3.63, 3.8) is 0 Å². The van der Waals surface area contributed by atoms with Crippen molar-refractivity contribution in [1.29, 1.82) is 0 Å². The number of carbonyl (C=O) groups excluding carboxylic acids is 3. The highest BCUT2D eigenvalue weighted by Gasteiger charge is 2.21. The van der Waals surface area contributed by atoms with E-state index in [0.29, 0.717) is 6.41 Å². The summed E-state index contributed by atoms with van der Waals surface area (Å²) in [5.74, 6) is -1.10. The zero-order chi connectivity index (χ0) is 36.6. The van der Waals surface area contributed by atoms with E-state index in [0.717, 1.165) is 36.0 Å². The summed E-state index contributed by atoms with van der Waals surface area (Å²) in [6.07, 6.45) is 29.7. The van der Waals surface area contributed by atoms with Gasteiger partial charge in [0.25, 0.3) is 0 Å². The van der Waals surface area contributed by atoms with Crippen molar-refractivity contribution in [2.24, 2.45) is 11.8 Å². The topological polar surface area (TPSA) is 123 Å². The standard InChI is InChI=1S/C40H58N2O7/c1-29-13-11-17-35(47-7)16-10-9-15-33(5)39(34(6)23-21-32(4)26-41-40(46)37(27-43)42-28-44)49-38(45)24-22-30(2)19-20-31(3)25-36(48-8)18-12-14-29/h9-10,12-16,19-25,28,30,33,35-37,39,43H,11,17-18,26-27H2,1-8H3,(H,41,46)(H,42,44)/b14-12+,15-9+,16-10-,20-19-,24-22+,29-13+,31-25+,32-21+,34-23+/t30?,33?,35?,36?,37-,39?/m0/s1. The summed E-state index contributed by atoms with van der Waals surface area (Å²) in [6, 6.07) is -1.01. The lowest BCUT2D eigenvalue weighted by atomic mass is 9.96. The van der Waals surface area contributed by atoms with E-state index >= 15 is 0 Å². The Bertz CT molecular complexity index is 1320. The zero-order valence-corrected chi connectivity index (χ0v) is 30.6. The third kappa shape index (κ3) is 18.9. The Morgan fingerprint density at radius 3 is 2.37 bits per heavy atom. The Hall–Kier alpha value is -4.05. The highest BCUT2D eigenvalue weighted by molar-refractivity contribution is 5.84. The highest BCUT2D eigenvalue weighted by Crippen LogP contribution is 2.20. The summed E-state index contributed by atoms with van der Waals surface area (Å²) in [5.41, 5.74) is 3.90. The van der Waals surface area contributed by atoms with Gasteiger partial charge in [0.15, 0.2) is 0 Å². The van der Waals surface area contributed by atoms with Crippen LogP contribution in [0.5, 0.6) is 0 Å². The first-order chi connectivity index (χ1) is 23.4. The second-order valence-electron chi connectivity index (χ2n) is 12.3. The largest absolute Gasteiger partial charge is 0.454 e. The molecule has 9 nitrogen and oxygen atoms in total. The van der Waals surface area contributed by atoms with Gasteiger partial charge in [-0.3, -0.25) is 9.59 Å². The zero-order valence-electron chi connectivity index (χ0n) is 30.6. The fourth-order valence-corrected chi connectivity index (χ4v) is 4.78. The summed E-state index contributed by atoms with van der Waals surface area (Å²) < 4.78 is 17.3. The number of hydrogen-bond donors (Lipinski definition) is 3. The number of nitrogens with one attached hydrogen (secondary N) is 2. The first-order valence-corrected chi connectivity index (χ1v) is 16.8. The Morgan fingerprint density at radius 2 is 1.69 bits per heavy atom. The minimum atomic E-state index is -1.01. The quantitative estimate of drug-likeness (QED) is 0.143. The van der Waals surface area contributed by atoms with Crippen LogP contribution in [0.25, 0.3) is 0 Å². The van der Waals surface area contributed by atoms with E-state index in [-0.39, 0.29) is 30.6 Å². The molecule has 9 heteroatoms. The van der Waals surface area contributed by atoms with Gasteiger partial charge in [0.1, 0.15) is 12.1 Å². The molecule has 0 spiro atoms. The van der Waals surface area contributed by atoms with Crippen LogP contribution in [0.3, 0.4) is 0 Å². The summed E-state index contributed by atoms with van der Waals surface area (Å²) in [5, 5.41) is 14.3. The molecule has 1 heterocycles. The van der Waals surface area contributed by atoms with Crippen LogP contribution in [0, 0.1) is 11.8 Å². The van der Waals surface area contributed by atoms with Gasteiger partial charge in [-0.1, -0.05) is 110 Å². The second kappa shape index (κ2) is 25.0. The third-order valence-electron chi connectivity index (χ3n) is 7.88. The van der Waals surface area contributed by atoms with Gasteiger partial charge in [-0.05, 0) is 58.4 Å². The molecule has 0 saturated heterocycles. The fraction of sp³-hybridized carbons (Fsp3) is 0.475. The molecule has 1 aliphatic heterocycles. The molecule has 0 aromatic rings. The number of carbonyl (C=O) groups is 3. The molecule has 6 atom stereocenters. The van der Waals surface area contributed by atoms with E-state index in [1.807, 2.05) is 89.3 Å². The van der Waals surface area contributed by atoms with E-state index in [2.05, 4.69) is 41.9 Å². The van der Waals surface area contributed by atoms with Crippen molar-refractivity contribution >= 4 is 18.3 Å². The molecular formula is C40H58N2O7. The van der Waals surface area contributed by atoms with Gasteiger partial charge < -0.3 is 30.0 Å². The molecule has 1 aliphatic rings. The van der Waals surface area contributed by atoms with Crippen LogP contribution < -0.4 is 10.6 Å². The van der Waals surface area contributed by atoms with E-state index in [1.54, 1.807) is 14.2 Å². The van der Waals surface area contributed by atoms with Crippen molar-refractivity contribution in [2.45, 2.75) is 85.2 Å². The van der Waals surface area contributed by atoms with Gasteiger partial charge in [-0.15, -0.1) is 0 Å². The van der Waals surface area contributed by atoms with E-state index in [1.165, 1.54) is 11.6 Å². The number of aliphatic hydroxyl groups is 1. The van der Waals surface area contributed by atoms with Crippen LogP contribution >= 0.6 is 0 Å². The SMILES string of the molecule is COC1/C=C\C=C\C(C)C(/C(C)=C/C=C(\C)CNC(=O)[C@H](CO)NC=O)OC(=O)/C=C/C(C)/C=C\C(C)=C\C(OC)C/C=C/C(C)=C/CC1. The molecule has 0 radical (unpaired) electrons. The normalized spacial score (nSPS) is 30.1. The van der Waals surface area contributed by atoms with Gasteiger partial charge in [-0.2, -0.15) is 0 Å². The number of aliphatic hydroxyl groups excluding tert-OH is 1. The molecule has 0 aromatic carbocycles. The maximum atomic E-state index is 13.0. The Labute approximate surface area is 293 Å². The van der Waals surface area contributed by atoms with Gasteiger partial charge in [0, 0.05) is 32.8 Å². The minimum absolute atomic E-state index is 0.00523. The van der Waals surface area contributed by atoms with Crippen LogP contribution in [0.2, 0.25) is 0 Å². The number of ether oxygens (including phenoxy) is 3. The van der Waals surface area contributed by atoms with Gasteiger partial charge in [-0.25, -0.2) is 4.79 Å². The maximum Gasteiger partial charge on any atom is 0.331 e. The number of cyclic esters (lactones) is 1. The third-order valence-corrected chi connectivity index (χ3v) is 7.88. The monoisotopic (exact) mass is 678 g/mol. The Balaban J connectivity index is 3.31. The minimum Gasteiger partial charge on any atom is -0.454 e. The Kier molecular flexibility index (Phi) is 21.9. The molecule has 2 amide bonds. The van der Waals surface area contributed by atoms with E-state index in [4.69, 9.17) is 14.2 Å². The molecule has 0 aliphatic carbocycles. The van der Waals surface area contributed by atoms with Crippen LogP contribution in [-0.2, 0) is 28.6 Å². The lowest BCUT2D eigenvalue weighted by Crippen LogP contribution is -2.46. The van der Waals surface area contributed by atoms with Crippen molar-refractivity contribution in [3.05, 3.63) is 107 Å². The average Bonchev–Trinajstić information content (AvgIpc) is 3.08. The number of amides is 2. The lowest BCUT2D eigenvalue weighted by Gasteiger charge is -2.22. The maximum absolute atomic E-state index is 13.0. The molecule has 0 fully saturated rings. The molecule has 1 rings (SSSR count). The van der Waals surface area contributed by atoms with Crippen LogP contribution in [-0.4, -0.2) is 75.1 Å². The predicted octanol–water partition coefficient (Wildman–Crippen LogP) is 6.17. The number of hydrogen-bond acceptors (Lipinski definition) is 7. The molecule has 5 unspecified atom stereocenters. The summed E-state index contributed by atoms with van der Waals surface area (Å²) in [6.45, 7) is 11.6. The number of methoxy groups -OCH3 is 2. The summed E-state index contributed by atoms with van der Waals surface area (Å²) in [4.78, 5) is 35.9. The number of esters is 1. The molecule has 0 saturated carbocycles. The molecule has 49 heavy (non-hydrogen) atoms. The summed E-state index contributed by atoms with van der Waals surface area (Å²) in [7, 11) is 3.41. The van der Waals surface area contributed by atoms with Crippen LogP contribution in [0.4, 0.5) is 0 Å². The summed E-state index contributed by atoms with van der Waals surface area (Å²) >= 11 is 0. The van der Waals surface area contributed by atoms with E-state index in [9.17, 15) is 19.5 Å². The molecule has 3 N–H and O–H groups in total. The van der Waals surface area contributed by atoms with Crippen molar-refractivity contribution in [3.8, 4) is 0 Å². The molecule has 0 bridgehead atoms. The van der Waals surface area contributed by atoms with Gasteiger partial charge in [0.2, 0.25) is 12.3 Å². The Morgan fingerprint density at radius 1 is 1.00 bits per heavy atom. The van der Waals surface area contributed by atoms with Crippen molar-refractivity contribution in [1.82, 2.24) is 10.6 Å². The van der Waals surface area contributed by atoms with Crippen molar-refractivity contribution < 1.29 is 33.7 Å². The molecular weight excluding hydrogens is 620 g/mol.